The van der Waals surface area contributed by atoms with E-state index in [1.807, 2.05) is 23.9 Å². The third-order valence-electron chi connectivity index (χ3n) is 2.02. The normalized spacial score (nSPS) is 10.3. The van der Waals surface area contributed by atoms with Gasteiger partial charge in [-0.25, -0.2) is 4.68 Å². The summed E-state index contributed by atoms with van der Waals surface area (Å²) in [7, 11) is 0. The Balaban J connectivity index is 2.41. The molecular weight excluding hydrogens is 160 g/mol. The van der Waals surface area contributed by atoms with Crippen LogP contribution in [0.4, 0.5) is 0 Å². The summed E-state index contributed by atoms with van der Waals surface area (Å²) in [5.74, 6) is 0. The van der Waals surface area contributed by atoms with E-state index in [4.69, 9.17) is 0 Å². The Morgan fingerprint density at radius 3 is 2.23 bits per heavy atom. The zero-order valence-electron chi connectivity index (χ0n) is 7.86. The van der Waals surface area contributed by atoms with Crippen molar-refractivity contribution in [3.63, 3.8) is 0 Å². The SMILES string of the molecule is Cc1ccc(-n2ccc(C)n2)cc1. The summed E-state index contributed by atoms with van der Waals surface area (Å²) in [6, 6.07) is 10.3. The minimum Gasteiger partial charge on any atom is -0.241 e. The van der Waals surface area contributed by atoms with E-state index in [1.165, 1.54) is 5.56 Å². The van der Waals surface area contributed by atoms with E-state index in [1.54, 1.807) is 0 Å². The highest BCUT2D eigenvalue weighted by Crippen LogP contribution is 2.08. The van der Waals surface area contributed by atoms with Gasteiger partial charge in [-0.05, 0) is 32.0 Å². The van der Waals surface area contributed by atoms with Gasteiger partial charge in [-0.2, -0.15) is 5.10 Å². The first-order chi connectivity index (χ1) is 6.25. The van der Waals surface area contributed by atoms with Crippen LogP contribution in [-0.2, 0) is 0 Å². The van der Waals surface area contributed by atoms with Crippen LogP contribution in [0.1, 0.15) is 11.3 Å². The summed E-state index contributed by atoms with van der Waals surface area (Å²) in [5, 5.41) is 4.33. The van der Waals surface area contributed by atoms with Gasteiger partial charge >= 0.3 is 0 Å². The molecule has 2 heteroatoms. The Bertz CT molecular complexity index is 398. The van der Waals surface area contributed by atoms with Crippen LogP contribution in [0.15, 0.2) is 36.5 Å². The predicted octanol–water partition coefficient (Wildman–Crippen LogP) is 2.49. The summed E-state index contributed by atoms with van der Waals surface area (Å²) in [6.45, 7) is 4.07. The lowest BCUT2D eigenvalue weighted by atomic mass is 10.2. The second-order valence-electron chi connectivity index (χ2n) is 3.24. The standard InChI is InChI=1S/C11H12N2/c1-9-3-5-11(6-4-9)13-8-7-10(2)12-13/h3-8H,1-2H3. The third-order valence-corrected chi connectivity index (χ3v) is 2.02. The maximum Gasteiger partial charge on any atom is 0.0645 e. The molecule has 2 nitrogen and oxygen atoms in total. The van der Waals surface area contributed by atoms with Gasteiger partial charge in [-0.1, -0.05) is 17.7 Å². The maximum absolute atomic E-state index is 4.33. The predicted molar refractivity (Wildman–Crippen MR) is 53.0 cm³/mol. The molecular formula is C11H12N2. The van der Waals surface area contributed by atoms with Crippen molar-refractivity contribution in [3.05, 3.63) is 47.8 Å². The van der Waals surface area contributed by atoms with Crippen LogP contribution < -0.4 is 0 Å². The van der Waals surface area contributed by atoms with Crippen LogP contribution in [0, 0.1) is 13.8 Å². The first-order valence-corrected chi connectivity index (χ1v) is 4.35. The number of hydrogen-bond donors (Lipinski definition) is 0. The molecule has 0 fully saturated rings. The van der Waals surface area contributed by atoms with Gasteiger partial charge in [0.15, 0.2) is 0 Å². The molecule has 0 aliphatic carbocycles. The first kappa shape index (κ1) is 8.05. The van der Waals surface area contributed by atoms with Crippen molar-refractivity contribution in [1.29, 1.82) is 0 Å². The minimum atomic E-state index is 1.04. The summed E-state index contributed by atoms with van der Waals surface area (Å²) >= 11 is 0. The van der Waals surface area contributed by atoms with Crippen molar-refractivity contribution in [3.8, 4) is 5.69 Å². The van der Waals surface area contributed by atoms with E-state index < -0.39 is 0 Å². The van der Waals surface area contributed by atoms with E-state index in [2.05, 4.69) is 36.3 Å². The number of nitrogens with zero attached hydrogens (tertiary/aromatic N) is 2. The molecule has 0 radical (unpaired) electrons. The largest absolute Gasteiger partial charge is 0.241 e. The monoisotopic (exact) mass is 172 g/mol. The number of hydrogen-bond acceptors (Lipinski definition) is 1. The van der Waals surface area contributed by atoms with Gasteiger partial charge in [0, 0.05) is 6.20 Å². The van der Waals surface area contributed by atoms with Gasteiger partial charge in [-0.15, -0.1) is 0 Å². The lowest BCUT2D eigenvalue weighted by Gasteiger charge is -2.00. The van der Waals surface area contributed by atoms with E-state index in [-0.39, 0.29) is 0 Å². The molecule has 0 bridgehead atoms. The molecule has 0 unspecified atom stereocenters. The fraction of sp³-hybridized carbons (Fsp3) is 0.182. The fourth-order valence-corrected chi connectivity index (χ4v) is 1.26. The molecule has 1 aromatic carbocycles. The minimum absolute atomic E-state index is 1.04. The average molecular weight is 172 g/mol. The molecule has 0 N–H and O–H groups in total. The van der Waals surface area contributed by atoms with Crippen molar-refractivity contribution in [2.75, 3.05) is 0 Å². The molecule has 0 atom stereocenters. The molecule has 0 saturated heterocycles. The molecule has 1 aromatic heterocycles. The second kappa shape index (κ2) is 3.05. The van der Waals surface area contributed by atoms with Crippen molar-refractivity contribution in [2.45, 2.75) is 13.8 Å². The number of aromatic nitrogens is 2. The van der Waals surface area contributed by atoms with Crippen LogP contribution in [0.2, 0.25) is 0 Å². The molecule has 0 saturated carbocycles. The number of rotatable bonds is 1. The topological polar surface area (TPSA) is 17.8 Å². The van der Waals surface area contributed by atoms with E-state index in [0.717, 1.165) is 11.4 Å². The molecule has 13 heavy (non-hydrogen) atoms. The van der Waals surface area contributed by atoms with Gasteiger partial charge < -0.3 is 0 Å². The van der Waals surface area contributed by atoms with E-state index >= 15 is 0 Å². The highest BCUT2D eigenvalue weighted by Gasteiger charge is 1.96. The van der Waals surface area contributed by atoms with Gasteiger partial charge in [0.1, 0.15) is 0 Å². The van der Waals surface area contributed by atoms with Crippen LogP contribution in [0.5, 0.6) is 0 Å². The smallest absolute Gasteiger partial charge is 0.0645 e. The Kier molecular flexibility index (Phi) is 1.89. The lowest BCUT2D eigenvalue weighted by Crippen LogP contribution is -1.94. The maximum atomic E-state index is 4.33. The number of benzene rings is 1. The molecule has 66 valence electrons. The first-order valence-electron chi connectivity index (χ1n) is 4.35. The molecule has 0 aliphatic heterocycles. The van der Waals surface area contributed by atoms with Crippen molar-refractivity contribution >= 4 is 0 Å². The number of aryl methyl sites for hydroxylation is 2. The van der Waals surface area contributed by atoms with Crippen molar-refractivity contribution in [1.82, 2.24) is 9.78 Å². The van der Waals surface area contributed by atoms with Crippen LogP contribution in [0.3, 0.4) is 0 Å². The molecule has 0 amide bonds. The van der Waals surface area contributed by atoms with Crippen LogP contribution in [-0.4, -0.2) is 9.78 Å². The highest BCUT2D eigenvalue weighted by atomic mass is 15.3. The van der Waals surface area contributed by atoms with Crippen molar-refractivity contribution in [2.24, 2.45) is 0 Å². The quantitative estimate of drug-likeness (QED) is 0.646. The summed E-state index contributed by atoms with van der Waals surface area (Å²) in [4.78, 5) is 0. The molecule has 2 aromatic rings. The molecule has 0 spiro atoms. The second-order valence-corrected chi connectivity index (χ2v) is 3.24. The fourth-order valence-electron chi connectivity index (χ4n) is 1.26. The van der Waals surface area contributed by atoms with E-state index in [0.29, 0.717) is 0 Å². The summed E-state index contributed by atoms with van der Waals surface area (Å²) in [6.07, 6.45) is 1.97. The lowest BCUT2D eigenvalue weighted by molar-refractivity contribution is 0.862. The third kappa shape index (κ3) is 1.61. The molecule has 2 rings (SSSR count). The van der Waals surface area contributed by atoms with Crippen LogP contribution >= 0.6 is 0 Å². The Morgan fingerprint density at radius 2 is 1.69 bits per heavy atom. The Hall–Kier alpha value is -1.57. The Morgan fingerprint density at radius 1 is 1.00 bits per heavy atom. The van der Waals surface area contributed by atoms with E-state index in [9.17, 15) is 0 Å². The highest BCUT2D eigenvalue weighted by molar-refractivity contribution is 5.33. The van der Waals surface area contributed by atoms with Gasteiger partial charge in [0.2, 0.25) is 0 Å². The molecule has 1 heterocycles. The Labute approximate surface area is 77.8 Å². The summed E-state index contributed by atoms with van der Waals surface area (Å²) in [5.41, 5.74) is 3.42. The van der Waals surface area contributed by atoms with Crippen LogP contribution in [0.25, 0.3) is 5.69 Å². The average Bonchev–Trinajstić information content (AvgIpc) is 2.53. The summed E-state index contributed by atoms with van der Waals surface area (Å²) < 4.78 is 1.88. The van der Waals surface area contributed by atoms with Crippen molar-refractivity contribution < 1.29 is 0 Å². The molecule has 0 aliphatic rings. The zero-order chi connectivity index (χ0) is 9.26. The van der Waals surface area contributed by atoms with Gasteiger partial charge in [0.25, 0.3) is 0 Å². The zero-order valence-corrected chi connectivity index (χ0v) is 7.86. The van der Waals surface area contributed by atoms with Gasteiger partial charge in [-0.3, -0.25) is 0 Å². The van der Waals surface area contributed by atoms with Gasteiger partial charge in [0.05, 0.1) is 11.4 Å².